The van der Waals surface area contributed by atoms with Crippen LogP contribution in [0.15, 0.2) is 54.6 Å². The van der Waals surface area contributed by atoms with Gasteiger partial charge in [0.05, 0.1) is 11.2 Å². The molecule has 1 aliphatic rings. The molecule has 0 radical (unpaired) electrons. The number of hydrogen-bond donors (Lipinski definition) is 0. The van der Waals surface area contributed by atoms with Crippen LogP contribution in [0.3, 0.4) is 0 Å². The molecule has 1 aliphatic heterocycles. The lowest BCUT2D eigenvalue weighted by Crippen LogP contribution is -2.50. The Labute approximate surface area is 178 Å². The molecule has 0 atom stereocenters. The van der Waals surface area contributed by atoms with Gasteiger partial charge < -0.3 is 9.47 Å². The van der Waals surface area contributed by atoms with Gasteiger partial charge in [0.1, 0.15) is 19.0 Å². The molecule has 0 unspecified atom stereocenters. The SMILES string of the molecule is CCS(=O)(=O)N1CCC(C(=O)OCCOc2cccc(C)c2)(c2ccccc2)CC1. The molecule has 7 heteroatoms. The number of ether oxygens (including phenoxy) is 2. The molecule has 0 bridgehead atoms. The molecule has 0 spiro atoms. The maximum atomic E-state index is 13.2. The summed E-state index contributed by atoms with van der Waals surface area (Å²) in [5, 5.41) is 0. The molecule has 0 amide bonds. The van der Waals surface area contributed by atoms with Gasteiger partial charge in [0.15, 0.2) is 0 Å². The summed E-state index contributed by atoms with van der Waals surface area (Å²) in [6, 6.07) is 17.2. The highest BCUT2D eigenvalue weighted by Gasteiger charge is 2.45. The molecule has 1 saturated heterocycles. The number of carbonyl (C=O) groups excluding carboxylic acids is 1. The van der Waals surface area contributed by atoms with Crippen molar-refractivity contribution in [3.05, 3.63) is 65.7 Å². The number of benzene rings is 2. The molecule has 2 aromatic carbocycles. The molecule has 30 heavy (non-hydrogen) atoms. The van der Waals surface area contributed by atoms with Crippen molar-refractivity contribution in [3.63, 3.8) is 0 Å². The minimum atomic E-state index is -3.27. The van der Waals surface area contributed by atoms with Gasteiger partial charge in [-0.3, -0.25) is 4.79 Å². The summed E-state index contributed by atoms with van der Waals surface area (Å²) in [6.07, 6.45) is 0.793. The lowest BCUT2D eigenvalue weighted by atomic mass is 9.73. The molecular weight excluding hydrogens is 402 g/mol. The van der Waals surface area contributed by atoms with Crippen LogP contribution < -0.4 is 4.74 Å². The molecule has 6 nitrogen and oxygen atoms in total. The zero-order valence-electron chi connectivity index (χ0n) is 17.5. The van der Waals surface area contributed by atoms with Crippen LogP contribution in [-0.2, 0) is 25.0 Å². The number of nitrogens with zero attached hydrogens (tertiary/aromatic N) is 1. The molecular formula is C23H29NO5S. The number of piperidine rings is 1. The highest BCUT2D eigenvalue weighted by atomic mass is 32.2. The fraction of sp³-hybridized carbons (Fsp3) is 0.435. The first kappa shape index (κ1) is 22.3. The van der Waals surface area contributed by atoms with E-state index in [9.17, 15) is 13.2 Å². The highest BCUT2D eigenvalue weighted by Crippen LogP contribution is 2.37. The average molecular weight is 432 g/mol. The van der Waals surface area contributed by atoms with E-state index >= 15 is 0 Å². The Bertz CT molecular complexity index is 951. The molecule has 1 fully saturated rings. The van der Waals surface area contributed by atoms with Gasteiger partial charge in [-0.25, -0.2) is 12.7 Å². The zero-order valence-corrected chi connectivity index (χ0v) is 18.4. The normalized spacial score (nSPS) is 16.7. The average Bonchev–Trinajstić information content (AvgIpc) is 2.77. The monoisotopic (exact) mass is 431 g/mol. The van der Waals surface area contributed by atoms with Crippen LogP contribution in [0.25, 0.3) is 0 Å². The topological polar surface area (TPSA) is 72.9 Å². The first-order valence-electron chi connectivity index (χ1n) is 10.3. The predicted octanol–water partition coefficient (Wildman–Crippen LogP) is 3.30. The third-order valence-corrected chi connectivity index (χ3v) is 7.51. The van der Waals surface area contributed by atoms with E-state index in [1.54, 1.807) is 6.92 Å². The number of carbonyl (C=O) groups is 1. The Morgan fingerprint density at radius 3 is 2.37 bits per heavy atom. The number of aryl methyl sites for hydroxylation is 1. The van der Waals surface area contributed by atoms with Crippen LogP contribution in [0.5, 0.6) is 5.75 Å². The van der Waals surface area contributed by atoms with Gasteiger partial charge in [-0.15, -0.1) is 0 Å². The number of esters is 1. The van der Waals surface area contributed by atoms with E-state index in [0.29, 0.717) is 25.9 Å². The molecule has 0 aliphatic carbocycles. The van der Waals surface area contributed by atoms with Gasteiger partial charge in [0, 0.05) is 13.1 Å². The Kier molecular flexibility index (Phi) is 7.15. The second-order valence-electron chi connectivity index (χ2n) is 7.55. The quantitative estimate of drug-likeness (QED) is 0.474. The van der Waals surface area contributed by atoms with Crippen molar-refractivity contribution in [2.45, 2.75) is 32.1 Å². The second-order valence-corrected chi connectivity index (χ2v) is 9.81. The van der Waals surface area contributed by atoms with Crippen molar-refractivity contribution in [2.75, 3.05) is 32.1 Å². The minimum absolute atomic E-state index is 0.0616. The van der Waals surface area contributed by atoms with Crippen LogP contribution >= 0.6 is 0 Å². The minimum Gasteiger partial charge on any atom is -0.490 e. The second kappa shape index (κ2) is 9.62. The summed E-state index contributed by atoms with van der Waals surface area (Å²) in [5.74, 6) is 0.475. The van der Waals surface area contributed by atoms with Crippen molar-refractivity contribution in [1.82, 2.24) is 4.31 Å². The summed E-state index contributed by atoms with van der Waals surface area (Å²) in [5.41, 5.74) is 1.12. The van der Waals surface area contributed by atoms with E-state index in [0.717, 1.165) is 16.9 Å². The van der Waals surface area contributed by atoms with Crippen LogP contribution in [-0.4, -0.2) is 50.7 Å². The van der Waals surface area contributed by atoms with E-state index in [1.807, 2.05) is 61.5 Å². The highest BCUT2D eigenvalue weighted by molar-refractivity contribution is 7.89. The molecule has 0 aromatic heterocycles. The third kappa shape index (κ3) is 5.02. The van der Waals surface area contributed by atoms with E-state index in [-0.39, 0.29) is 24.9 Å². The van der Waals surface area contributed by atoms with Crippen molar-refractivity contribution < 1.29 is 22.7 Å². The van der Waals surface area contributed by atoms with E-state index < -0.39 is 15.4 Å². The maximum absolute atomic E-state index is 13.2. The summed E-state index contributed by atoms with van der Waals surface area (Å²) in [4.78, 5) is 13.2. The lowest BCUT2D eigenvalue weighted by molar-refractivity contribution is -0.153. The Morgan fingerprint density at radius 1 is 1.03 bits per heavy atom. The van der Waals surface area contributed by atoms with Crippen LogP contribution in [0.1, 0.15) is 30.9 Å². The summed E-state index contributed by atoms with van der Waals surface area (Å²) in [7, 11) is -3.27. The number of rotatable bonds is 8. The van der Waals surface area contributed by atoms with E-state index in [1.165, 1.54) is 4.31 Å². The molecule has 1 heterocycles. The summed E-state index contributed by atoms with van der Waals surface area (Å²) < 4.78 is 37.2. The lowest BCUT2D eigenvalue weighted by Gasteiger charge is -2.39. The van der Waals surface area contributed by atoms with Gasteiger partial charge in [0.2, 0.25) is 10.0 Å². The smallest absolute Gasteiger partial charge is 0.316 e. The van der Waals surface area contributed by atoms with Gasteiger partial charge in [-0.1, -0.05) is 42.5 Å². The van der Waals surface area contributed by atoms with Gasteiger partial charge in [-0.2, -0.15) is 0 Å². The van der Waals surface area contributed by atoms with Crippen LogP contribution in [0.4, 0.5) is 0 Å². The summed E-state index contributed by atoms with van der Waals surface area (Å²) >= 11 is 0. The van der Waals surface area contributed by atoms with Gasteiger partial charge >= 0.3 is 5.97 Å². The van der Waals surface area contributed by atoms with Crippen molar-refractivity contribution >= 4 is 16.0 Å². The van der Waals surface area contributed by atoms with Crippen molar-refractivity contribution in [3.8, 4) is 5.75 Å². The molecule has 0 saturated carbocycles. The van der Waals surface area contributed by atoms with E-state index in [2.05, 4.69) is 0 Å². The summed E-state index contributed by atoms with van der Waals surface area (Å²) in [6.45, 7) is 4.63. The molecule has 3 rings (SSSR count). The van der Waals surface area contributed by atoms with Gasteiger partial charge in [0.25, 0.3) is 0 Å². The third-order valence-electron chi connectivity index (χ3n) is 5.63. The van der Waals surface area contributed by atoms with Crippen molar-refractivity contribution in [2.24, 2.45) is 0 Å². The number of sulfonamides is 1. The Morgan fingerprint density at radius 2 is 1.73 bits per heavy atom. The standard InChI is InChI=1S/C23H29NO5S/c1-3-30(26,27)24-14-12-23(13-15-24,20-9-5-4-6-10-20)22(25)29-17-16-28-21-11-7-8-19(2)18-21/h4-11,18H,3,12-17H2,1-2H3. The fourth-order valence-electron chi connectivity index (χ4n) is 3.83. The number of hydrogen-bond acceptors (Lipinski definition) is 5. The largest absolute Gasteiger partial charge is 0.490 e. The van der Waals surface area contributed by atoms with Crippen LogP contribution in [0, 0.1) is 6.92 Å². The molecule has 2 aromatic rings. The Balaban J connectivity index is 1.66. The van der Waals surface area contributed by atoms with Gasteiger partial charge in [-0.05, 0) is 49.9 Å². The Hall–Kier alpha value is -2.38. The molecule has 162 valence electrons. The van der Waals surface area contributed by atoms with E-state index in [4.69, 9.17) is 9.47 Å². The molecule has 0 N–H and O–H groups in total. The predicted molar refractivity (Wildman–Crippen MR) is 116 cm³/mol. The van der Waals surface area contributed by atoms with Crippen molar-refractivity contribution in [1.29, 1.82) is 0 Å². The maximum Gasteiger partial charge on any atom is 0.316 e. The fourth-order valence-corrected chi connectivity index (χ4v) is 4.94. The first-order valence-corrected chi connectivity index (χ1v) is 11.9. The zero-order chi connectivity index (χ0) is 21.6. The van der Waals surface area contributed by atoms with Crippen LogP contribution in [0.2, 0.25) is 0 Å². The first-order chi connectivity index (χ1) is 14.4.